The van der Waals surface area contributed by atoms with E-state index in [0.29, 0.717) is 13.1 Å². The number of benzene rings is 1. The number of pyridine rings is 1. The fourth-order valence-corrected chi connectivity index (χ4v) is 2.49. The SMILES string of the molecule is COc1ccc(CN(C)C(=O)NCCC(C)CO)c2cccnc12. The maximum atomic E-state index is 12.2. The number of aliphatic hydroxyl groups is 1. The molecule has 0 aliphatic rings. The molecule has 2 N–H and O–H groups in total. The number of aromatic nitrogens is 1. The summed E-state index contributed by atoms with van der Waals surface area (Å²) in [5, 5.41) is 12.9. The Morgan fingerprint density at radius 3 is 2.92 bits per heavy atom. The lowest BCUT2D eigenvalue weighted by Gasteiger charge is -2.20. The van der Waals surface area contributed by atoms with Crippen LogP contribution in [0.25, 0.3) is 10.9 Å². The molecule has 130 valence electrons. The van der Waals surface area contributed by atoms with Crippen LogP contribution in [-0.2, 0) is 6.54 Å². The fraction of sp³-hybridized carbons (Fsp3) is 0.444. The van der Waals surface area contributed by atoms with Gasteiger partial charge in [0.15, 0.2) is 0 Å². The Morgan fingerprint density at radius 1 is 1.42 bits per heavy atom. The Kier molecular flexibility index (Phi) is 6.37. The molecule has 0 saturated heterocycles. The number of aliphatic hydroxyl groups excluding tert-OH is 1. The lowest BCUT2D eigenvalue weighted by atomic mass is 10.1. The number of nitrogens with zero attached hydrogens (tertiary/aromatic N) is 2. The van der Waals surface area contributed by atoms with E-state index in [4.69, 9.17) is 9.84 Å². The average Bonchev–Trinajstić information content (AvgIpc) is 2.61. The summed E-state index contributed by atoms with van der Waals surface area (Å²) >= 11 is 0. The molecule has 0 aliphatic carbocycles. The van der Waals surface area contributed by atoms with E-state index in [0.717, 1.165) is 28.6 Å². The summed E-state index contributed by atoms with van der Waals surface area (Å²) in [6.07, 6.45) is 2.48. The molecule has 1 aromatic carbocycles. The number of hydrogen-bond acceptors (Lipinski definition) is 4. The second-order valence-electron chi connectivity index (χ2n) is 5.99. The molecule has 2 rings (SSSR count). The molecule has 0 spiro atoms. The summed E-state index contributed by atoms with van der Waals surface area (Å²) in [7, 11) is 3.38. The van der Waals surface area contributed by atoms with Gasteiger partial charge in [-0.1, -0.05) is 19.1 Å². The van der Waals surface area contributed by atoms with Crippen LogP contribution in [0.15, 0.2) is 30.5 Å². The molecule has 0 saturated carbocycles. The third-order valence-corrected chi connectivity index (χ3v) is 4.02. The number of amides is 2. The van der Waals surface area contributed by atoms with Gasteiger partial charge in [0, 0.05) is 38.3 Å². The van der Waals surface area contributed by atoms with E-state index >= 15 is 0 Å². The molecular formula is C18H25N3O3. The van der Waals surface area contributed by atoms with Gasteiger partial charge in [-0.25, -0.2) is 4.79 Å². The van der Waals surface area contributed by atoms with Crippen molar-refractivity contribution in [1.82, 2.24) is 15.2 Å². The maximum absolute atomic E-state index is 12.2. The third-order valence-electron chi connectivity index (χ3n) is 4.02. The van der Waals surface area contributed by atoms with Crippen LogP contribution in [-0.4, -0.2) is 48.3 Å². The van der Waals surface area contributed by atoms with Gasteiger partial charge in [0.25, 0.3) is 0 Å². The monoisotopic (exact) mass is 331 g/mol. The van der Waals surface area contributed by atoms with E-state index in [9.17, 15) is 4.79 Å². The molecule has 1 aromatic heterocycles. The van der Waals surface area contributed by atoms with Crippen LogP contribution in [0, 0.1) is 5.92 Å². The number of carbonyl (C=O) groups excluding carboxylic acids is 1. The predicted octanol–water partition coefficient (Wildman–Crippen LogP) is 2.40. The normalized spacial score (nSPS) is 12.0. The minimum atomic E-state index is -0.131. The van der Waals surface area contributed by atoms with Crippen molar-refractivity contribution < 1.29 is 14.6 Å². The quantitative estimate of drug-likeness (QED) is 0.817. The summed E-state index contributed by atoms with van der Waals surface area (Å²) < 4.78 is 5.35. The highest BCUT2D eigenvalue weighted by Gasteiger charge is 2.13. The van der Waals surface area contributed by atoms with E-state index < -0.39 is 0 Å². The summed E-state index contributed by atoms with van der Waals surface area (Å²) in [5.74, 6) is 0.909. The maximum Gasteiger partial charge on any atom is 0.317 e. The van der Waals surface area contributed by atoms with Gasteiger partial charge in [-0.3, -0.25) is 4.98 Å². The lowest BCUT2D eigenvalue weighted by Crippen LogP contribution is -2.37. The first kappa shape index (κ1) is 18.0. The van der Waals surface area contributed by atoms with Crippen LogP contribution >= 0.6 is 0 Å². The predicted molar refractivity (Wildman–Crippen MR) is 94.0 cm³/mol. The minimum absolute atomic E-state index is 0.131. The van der Waals surface area contributed by atoms with Gasteiger partial charge in [-0.15, -0.1) is 0 Å². The first-order valence-corrected chi connectivity index (χ1v) is 8.07. The van der Waals surface area contributed by atoms with Crippen LogP contribution in [0.5, 0.6) is 5.75 Å². The third kappa shape index (κ3) is 4.35. The van der Waals surface area contributed by atoms with Crippen LogP contribution < -0.4 is 10.1 Å². The highest BCUT2D eigenvalue weighted by Crippen LogP contribution is 2.27. The van der Waals surface area contributed by atoms with E-state index in [-0.39, 0.29) is 18.6 Å². The summed E-state index contributed by atoms with van der Waals surface area (Å²) in [4.78, 5) is 18.2. The first-order valence-electron chi connectivity index (χ1n) is 8.07. The number of rotatable bonds is 7. The van der Waals surface area contributed by atoms with Crippen molar-refractivity contribution in [3.05, 3.63) is 36.0 Å². The Balaban J connectivity index is 2.05. The molecule has 0 fully saturated rings. The second-order valence-corrected chi connectivity index (χ2v) is 5.99. The van der Waals surface area contributed by atoms with Crippen molar-refractivity contribution in [1.29, 1.82) is 0 Å². The smallest absolute Gasteiger partial charge is 0.317 e. The molecule has 0 bridgehead atoms. The number of nitrogens with one attached hydrogen (secondary N) is 1. The van der Waals surface area contributed by atoms with E-state index in [1.807, 2.05) is 31.2 Å². The van der Waals surface area contributed by atoms with Crippen LogP contribution in [0.2, 0.25) is 0 Å². The van der Waals surface area contributed by atoms with E-state index in [1.54, 1.807) is 25.3 Å². The van der Waals surface area contributed by atoms with Gasteiger partial charge in [-0.2, -0.15) is 0 Å². The average molecular weight is 331 g/mol. The molecule has 1 heterocycles. The minimum Gasteiger partial charge on any atom is -0.494 e. The Morgan fingerprint density at radius 2 is 2.21 bits per heavy atom. The van der Waals surface area contributed by atoms with Gasteiger partial charge in [0.1, 0.15) is 11.3 Å². The molecular weight excluding hydrogens is 306 g/mol. The zero-order chi connectivity index (χ0) is 17.5. The van der Waals surface area contributed by atoms with Crippen molar-refractivity contribution in [2.24, 2.45) is 5.92 Å². The Bertz CT molecular complexity index is 690. The molecule has 1 unspecified atom stereocenters. The molecule has 0 radical (unpaired) electrons. The molecule has 6 heteroatoms. The van der Waals surface area contributed by atoms with Gasteiger partial charge < -0.3 is 20.1 Å². The first-order chi connectivity index (χ1) is 11.6. The van der Waals surface area contributed by atoms with Crippen LogP contribution in [0.3, 0.4) is 0 Å². The number of carbonyl (C=O) groups is 1. The van der Waals surface area contributed by atoms with Crippen molar-refractivity contribution >= 4 is 16.9 Å². The van der Waals surface area contributed by atoms with Gasteiger partial charge in [-0.05, 0) is 30.0 Å². The van der Waals surface area contributed by atoms with E-state index in [1.165, 1.54) is 0 Å². The van der Waals surface area contributed by atoms with Gasteiger partial charge in [0.05, 0.1) is 7.11 Å². The zero-order valence-corrected chi connectivity index (χ0v) is 14.5. The summed E-state index contributed by atoms with van der Waals surface area (Å²) in [6.45, 7) is 3.12. The summed E-state index contributed by atoms with van der Waals surface area (Å²) in [5.41, 5.74) is 1.81. The van der Waals surface area contributed by atoms with Crippen LogP contribution in [0.4, 0.5) is 4.79 Å². The van der Waals surface area contributed by atoms with Crippen molar-refractivity contribution in [3.8, 4) is 5.75 Å². The topological polar surface area (TPSA) is 74.7 Å². The summed E-state index contributed by atoms with van der Waals surface area (Å²) in [6, 6.07) is 7.56. The van der Waals surface area contributed by atoms with Crippen molar-refractivity contribution in [2.75, 3.05) is 27.3 Å². The molecule has 0 aliphatic heterocycles. The Labute approximate surface area is 142 Å². The molecule has 6 nitrogen and oxygen atoms in total. The zero-order valence-electron chi connectivity index (χ0n) is 14.5. The lowest BCUT2D eigenvalue weighted by molar-refractivity contribution is 0.202. The Hall–Kier alpha value is -2.34. The number of methoxy groups -OCH3 is 1. The van der Waals surface area contributed by atoms with E-state index in [2.05, 4.69) is 10.3 Å². The number of ether oxygens (including phenoxy) is 1. The highest BCUT2D eigenvalue weighted by atomic mass is 16.5. The van der Waals surface area contributed by atoms with Gasteiger partial charge >= 0.3 is 6.03 Å². The second kappa shape index (κ2) is 8.49. The fourth-order valence-electron chi connectivity index (χ4n) is 2.49. The number of urea groups is 1. The number of fused-ring (bicyclic) bond motifs is 1. The van der Waals surface area contributed by atoms with Crippen molar-refractivity contribution in [2.45, 2.75) is 19.9 Å². The molecule has 24 heavy (non-hydrogen) atoms. The van der Waals surface area contributed by atoms with Gasteiger partial charge in [0.2, 0.25) is 0 Å². The number of hydrogen-bond donors (Lipinski definition) is 2. The standard InChI is InChI=1S/C18H25N3O3/c1-13(12-22)8-10-20-18(23)21(2)11-14-6-7-16(24-3)17-15(14)5-4-9-19-17/h4-7,9,13,22H,8,10-12H2,1-3H3,(H,20,23). The van der Waals surface area contributed by atoms with Crippen molar-refractivity contribution in [3.63, 3.8) is 0 Å². The highest BCUT2D eigenvalue weighted by molar-refractivity contribution is 5.87. The molecule has 2 aromatic rings. The largest absolute Gasteiger partial charge is 0.494 e. The molecule has 1 atom stereocenters. The van der Waals surface area contributed by atoms with Crippen LogP contribution in [0.1, 0.15) is 18.9 Å². The molecule has 2 amide bonds.